The van der Waals surface area contributed by atoms with Crippen LogP contribution in [0.15, 0.2) is 30.3 Å². The fourth-order valence-electron chi connectivity index (χ4n) is 3.43. The SMILES string of the molecule is O=C([C@@H]1CCOC1)N1CCN([C@@H](c2ccccc2)C(F)(F)F)CC1. The van der Waals surface area contributed by atoms with Crippen molar-refractivity contribution in [2.24, 2.45) is 5.92 Å². The lowest BCUT2D eigenvalue weighted by Crippen LogP contribution is -2.53. The Morgan fingerprint density at radius 1 is 1.12 bits per heavy atom. The Kier molecular flexibility index (Phi) is 5.10. The maximum Gasteiger partial charge on any atom is 0.408 e. The summed E-state index contributed by atoms with van der Waals surface area (Å²) < 4.78 is 45.9. The Bertz CT molecular complexity index is 551. The largest absolute Gasteiger partial charge is 0.408 e. The molecule has 0 bridgehead atoms. The summed E-state index contributed by atoms with van der Waals surface area (Å²) in [5.41, 5.74) is 0.244. The highest BCUT2D eigenvalue weighted by atomic mass is 19.4. The Morgan fingerprint density at radius 3 is 2.33 bits per heavy atom. The molecule has 0 N–H and O–H groups in total. The van der Waals surface area contributed by atoms with E-state index >= 15 is 0 Å². The third-order valence-corrected chi connectivity index (χ3v) is 4.70. The summed E-state index contributed by atoms with van der Waals surface area (Å²) in [6.45, 7) is 2.11. The number of hydrogen-bond acceptors (Lipinski definition) is 3. The van der Waals surface area contributed by atoms with Crippen LogP contribution in [0.3, 0.4) is 0 Å². The molecule has 1 amide bonds. The van der Waals surface area contributed by atoms with Crippen LogP contribution in [-0.4, -0.2) is 61.3 Å². The molecule has 2 aliphatic heterocycles. The van der Waals surface area contributed by atoms with E-state index in [0.717, 1.165) is 0 Å². The van der Waals surface area contributed by atoms with Crippen molar-refractivity contribution in [3.8, 4) is 0 Å². The van der Waals surface area contributed by atoms with Gasteiger partial charge in [-0.3, -0.25) is 9.69 Å². The number of benzene rings is 1. The standard InChI is InChI=1S/C17H21F3N2O2/c18-17(19,20)15(13-4-2-1-3-5-13)21-7-9-22(10-8-21)16(23)14-6-11-24-12-14/h1-5,14-15H,6-12H2/t14-,15+/m1/s1. The van der Waals surface area contributed by atoms with Crippen molar-refractivity contribution < 1.29 is 22.7 Å². The minimum absolute atomic E-state index is 0.00965. The average Bonchev–Trinajstić information content (AvgIpc) is 3.09. The van der Waals surface area contributed by atoms with Crippen molar-refractivity contribution in [2.45, 2.75) is 18.6 Å². The van der Waals surface area contributed by atoms with Crippen LogP contribution in [0.4, 0.5) is 13.2 Å². The molecule has 1 aromatic carbocycles. The molecule has 2 atom stereocenters. The number of rotatable bonds is 3. The second-order valence-corrected chi connectivity index (χ2v) is 6.28. The van der Waals surface area contributed by atoms with Crippen molar-refractivity contribution in [1.82, 2.24) is 9.80 Å². The van der Waals surface area contributed by atoms with Crippen LogP contribution in [0.1, 0.15) is 18.0 Å². The third-order valence-electron chi connectivity index (χ3n) is 4.70. The van der Waals surface area contributed by atoms with E-state index in [4.69, 9.17) is 4.74 Å². The topological polar surface area (TPSA) is 32.8 Å². The van der Waals surface area contributed by atoms with Gasteiger partial charge in [-0.15, -0.1) is 0 Å². The summed E-state index contributed by atoms with van der Waals surface area (Å²) in [5, 5.41) is 0. The summed E-state index contributed by atoms with van der Waals surface area (Å²) in [7, 11) is 0. The zero-order valence-electron chi connectivity index (χ0n) is 13.3. The molecule has 0 aromatic heterocycles. The van der Waals surface area contributed by atoms with E-state index in [2.05, 4.69) is 0 Å². The summed E-state index contributed by atoms with van der Waals surface area (Å²) >= 11 is 0. The first kappa shape index (κ1) is 17.2. The van der Waals surface area contributed by atoms with Crippen LogP contribution in [0, 0.1) is 5.92 Å². The van der Waals surface area contributed by atoms with Crippen LogP contribution in [0.25, 0.3) is 0 Å². The second-order valence-electron chi connectivity index (χ2n) is 6.28. The highest BCUT2D eigenvalue weighted by molar-refractivity contribution is 5.79. The number of halogens is 3. The van der Waals surface area contributed by atoms with Crippen LogP contribution in [0.2, 0.25) is 0 Å². The van der Waals surface area contributed by atoms with E-state index in [0.29, 0.717) is 32.7 Å². The number of piperazine rings is 1. The number of carbonyl (C=O) groups excluding carboxylic acids is 1. The molecule has 0 unspecified atom stereocenters. The molecule has 2 saturated heterocycles. The zero-order chi connectivity index (χ0) is 17.2. The van der Waals surface area contributed by atoms with Crippen LogP contribution in [-0.2, 0) is 9.53 Å². The summed E-state index contributed by atoms with van der Waals surface area (Å²) in [6.07, 6.45) is -3.64. The molecule has 2 aliphatic rings. The zero-order valence-corrected chi connectivity index (χ0v) is 13.3. The molecule has 24 heavy (non-hydrogen) atoms. The molecule has 0 radical (unpaired) electrons. The Balaban J connectivity index is 1.66. The van der Waals surface area contributed by atoms with Gasteiger partial charge in [-0.05, 0) is 12.0 Å². The fraction of sp³-hybridized carbons (Fsp3) is 0.588. The van der Waals surface area contributed by atoms with Crippen molar-refractivity contribution in [3.63, 3.8) is 0 Å². The van der Waals surface area contributed by atoms with Crippen molar-refractivity contribution >= 4 is 5.91 Å². The van der Waals surface area contributed by atoms with Gasteiger partial charge in [-0.25, -0.2) is 0 Å². The minimum Gasteiger partial charge on any atom is -0.381 e. The van der Waals surface area contributed by atoms with Gasteiger partial charge in [0.1, 0.15) is 6.04 Å². The van der Waals surface area contributed by atoms with Gasteiger partial charge in [-0.1, -0.05) is 30.3 Å². The van der Waals surface area contributed by atoms with Crippen LogP contribution in [0.5, 0.6) is 0 Å². The first-order valence-electron chi connectivity index (χ1n) is 8.19. The van der Waals surface area contributed by atoms with Gasteiger partial charge in [0.2, 0.25) is 5.91 Å². The molecule has 132 valence electrons. The van der Waals surface area contributed by atoms with Gasteiger partial charge in [0.25, 0.3) is 0 Å². The van der Waals surface area contributed by atoms with Gasteiger partial charge in [0.15, 0.2) is 0 Å². The van der Waals surface area contributed by atoms with Gasteiger partial charge in [-0.2, -0.15) is 13.2 Å². The molecule has 0 aliphatic carbocycles. The number of hydrogen-bond donors (Lipinski definition) is 0. The Hall–Kier alpha value is -1.60. The number of nitrogens with zero attached hydrogens (tertiary/aromatic N) is 2. The summed E-state index contributed by atoms with van der Waals surface area (Å²) in [4.78, 5) is 15.4. The molecule has 4 nitrogen and oxygen atoms in total. The van der Waals surface area contributed by atoms with Gasteiger partial charge >= 0.3 is 6.18 Å². The quantitative estimate of drug-likeness (QED) is 0.846. The molecule has 3 rings (SSSR count). The number of carbonyl (C=O) groups is 1. The van der Waals surface area contributed by atoms with Gasteiger partial charge in [0.05, 0.1) is 12.5 Å². The molecule has 1 aromatic rings. The van der Waals surface area contributed by atoms with E-state index in [1.54, 1.807) is 23.1 Å². The lowest BCUT2D eigenvalue weighted by atomic mass is 10.0. The number of ether oxygens (including phenoxy) is 1. The highest BCUT2D eigenvalue weighted by Gasteiger charge is 2.45. The number of alkyl halides is 3. The van der Waals surface area contributed by atoms with E-state index in [1.165, 1.54) is 17.0 Å². The maximum atomic E-state index is 13.6. The monoisotopic (exact) mass is 342 g/mol. The maximum absolute atomic E-state index is 13.6. The highest BCUT2D eigenvalue weighted by Crippen LogP contribution is 2.38. The van der Waals surface area contributed by atoms with Gasteiger partial charge in [0, 0.05) is 32.8 Å². The lowest BCUT2D eigenvalue weighted by Gasteiger charge is -2.40. The fourth-order valence-corrected chi connectivity index (χ4v) is 3.43. The predicted molar refractivity (Wildman–Crippen MR) is 82.3 cm³/mol. The number of amides is 1. The average molecular weight is 342 g/mol. The molecule has 7 heteroatoms. The first-order valence-corrected chi connectivity index (χ1v) is 8.19. The van der Waals surface area contributed by atoms with Crippen molar-refractivity contribution in [3.05, 3.63) is 35.9 Å². The smallest absolute Gasteiger partial charge is 0.381 e. The first-order chi connectivity index (χ1) is 11.5. The second kappa shape index (κ2) is 7.11. The third kappa shape index (κ3) is 3.72. The van der Waals surface area contributed by atoms with E-state index in [9.17, 15) is 18.0 Å². The summed E-state index contributed by atoms with van der Waals surface area (Å²) in [5.74, 6) is -0.125. The Morgan fingerprint density at radius 2 is 1.79 bits per heavy atom. The molecule has 0 spiro atoms. The predicted octanol–water partition coefficient (Wildman–Crippen LogP) is 2.47. The lowest BCUT2D eigenvalue weighted by molar-refractivity contribution is -0.191. The normalized spacial score (nSPS) is 24.1. The van der Waals surface area contributed by atoms with Crippen LogP contribution >= 0.6 is 0 Å². The van der Waals surface area contributed by atoms with E-state index < -0.39 is 12.2 Å². The van der Waals surface area contributed by atoms with E-state index in [-0.39, 0.29) is 30.5 Å². The van der Waals surface area contributed by atoms with Crippen molar-refractivity contribution in [1.29, 1.82) is 0 Å². The molecular weight excluding hydrogens is 321 g/mol. The molecule has 2 heterocycles. The molecule has 0 saturated carbocycles. The summed E-state index contributed by atoms with van der Waals surface area (Å²) in [6, 6.07) is 6.33. The van der Waals surface area contributed by atoms with E-state index in [1.807, 2.05) is 0 Å². The van der Waals surface area contributed by atoms with Crippen molar-refractivity contribution in [2.75, 3.05) is 39.4 Å². The molecular formula is C17H21F3N2O2. The molecule has 2 fully saturated rings. The van der Waals surface area contributed by atoms with Crippen LogP contribution < -0.4 is 0 Å². The Labute approximate surface area is 139 Å². The van der Waals surface area contributed by atoms with Gasteiger partial charge < -0.3 is 9.64 Å². The minimum atomic E-state index is -4.34.